The molecule has 7 heteroatoms. The lowest BCUT2D eigenvalue weighted by Gasteiger charge is -2.14. The van der Waals surface area contributed by atoms with Gasteiger partial charge in [-0.05, 0) is 49.8 Å². The third kappa shape index (κ3) is 3.91. The average Bonchev–Trinajstić information content (AvgIpc) is 3.28. The van der Waals surface area contributed by atoms with Gasteiger partial charge in [-0.1, -0.05) is 6.07 Å². The third-order valence-corrected chi connectivity index (χ3v) is 5.90. The van der Waals surface area contributed by atoms with Crippen LogP contribution in [0, 0.1) is 6.92 Å². The highest BCUT2D eigenvalue weighted by Crippen LogP contribution is 2.40. The quantitative estimate of drug-likeness (QED) is 0.560. The summed E-state index contributed by atoms with van der Waals surface area (Å²) in [6.45, 7) is 4.43. The van der Waals surface area contributed by atoms with Gasteiger partial charge in [0.2, 0.25) is 0 Å². The molecule has 1 aliphatic carbocycles. The lowest BCUT2D eigenvalue weighted by atomic mass is 10.1. The molecule has 0 radical (unpaired) electrons. The van der Waals surface area contributed by atoms with Gasteiger partial charge in [0.1, 0.15) is 23.8 Å². The van der Waals surface area contributed by atoms with E-state index in [1.54, 1.807) is 18.3 Å². The van der Waals surface area contributed by atoms with Crippen molar-refractivity contribution >= 4 is 27.4 Å². The Kier molecular flexibility index (Phi) is 5.37. The Balaban J connectivity index is 1.52. The van der Waals surface area contributed by atoms with Crippen molar-refractivity contribution in [1.82, 2.24) is 4.98 Å². The van der Waals surface area contributed by atoms with Crippen molar-refractivity contribution in [2.75, 3.05) is 6.61 Å². The van der Waals surface area contributed by atoms with E-state index in [1.165, 1.54) is 0 Å². The van der Waals surface area contributed by atoms with E-state index in [0.29, 0.717) is 25.6 Å². The Morgan fingerprint density at radius 1 is 1.39 bits per heavy atom. The molecule has 28 heavy (non-hydrogen) atoms. The first kappa shape index (κ1) is 19.0. The highest BCUT2D eigenvalue weighted by atomic mass is 32.1. The standard InChI is InChI=1S/C21H23NO5S/c1-3-25-18(21(23)24)10-14-6-7-17(15-8-9-28-19(14)15)26-11-16-12(2)27-20(22-16)13-4-5-13/h6-9,13,18H,3-5,10-11H2,1-2H3,(H,23,24). The van der Waals surface area contributed by atoms with E-state index >= 15 is 0 Å². The Bertz CT molecular complexity index is 988. The van der Waals surface area contributed by atoms with Gasteiger partial charge in [-0.15, -0.1) is 11.3 Å². The summed E-state index contributed by atoms with van der Waals surface area (Å²) in [5, 5.41) is 12.3. The molecular weight excluding hydrogens is 378 g/mol. The minimum absolute atomic E-state index is 0.327. The molecule has 1 fully saturated rings. The van der Waals surface area contributed by atoms with Gasteiger partial charge >= 0.3 is 5.97 Å². The largest absolute Gasteiger partial charge is 0.486 e. The highest BCUT2D eigenvalue weighted by Gasteiger charge is 2.29. The van der Waals surface area contributed by atoms with Crippen molar-refractivity contribution in [2.24, 2.45) is 0 Å². The number of carbonyl (C=O) groups is 1. The fraction of sp³-hybridized carbons (Fsp3) is 0.429. The predicted octanol–water partition coefficient (Wildman–Crippen LogP) is 4.69. The van der Waals surface area contributed by atoms with Gasteiger partial charge in [-0.2, -0.15) is 0 Å². The molecule has 0 amide bonds. The number of thiophene rings is 1. The fourth-order valence-electron chi connectivity index (χ4n) is 3.23. The molecule has 2 heterocycles. The van der Waals surface area contributed by atoms with Crippen molar-refractivity contribution in [3.63, 3.8) is 0 Å². The molecule has 2 aromatic heterocycles. The Morgan fingerprint density at radius 3 is 2.93 bits per heavy atom. The van der Waals surface area contributed by atoms with Crippen molar-refractivity contribution < 1.29 is 23.8 Å². The second-order valence-electron chi connectivity index (χ2n) is 6.99. The first-order valence-electron chi connectivity index (χ1n) is 9.49. The molecule has 1 aromatic carbocycles. The number of carboxylic acids is 1. The van der Waals surface area contributed by atoms with E-state index in [9.17, 15) is 9.90 Å². The SMILES string of the molecule is CCOC(Cc1ccc(OCc2nc(C3CC3)oc2C)c2ccsc12)C(=O)O. The van der Waals surface area contributed by atoms with Gasteiger partial charge < -0.3 is 19.0 Å². The number of rotatable bonds is 9. The first-order valence-corrected chi connectivity index (χ1v) is 10.4. The summed E-state index contributed by atoms with van der Waals surface area (Å²) >= 11 is 1.58. The third-order valence-electron chi connectivity index (χ3n) is 4.91. The molecule has 1 unspecified atom stereocenters. The second-order valence-corrected chi connectivity index (χ2v) is 7.91. The number of fused-ring (bicyclic) bond motifs is 1. The molecule has 1 aliphatic rings. The highest BCUT2D eigenvalue weighted by molar-refractivity contribution is 7.17. The van der Waals surface area contributed by atoms with Crippen LogP contribution in [0.4, 0.5) is 0 Å². The zero-order chi connectivity index (χ0) is 19.7. The van der Waals surface area contributed by atoms with Crippen LogP contribution < -0.4 is 4.74 Å². The summed E-state index contributed by atoms with van der Waals surface area (Å²) in [5.74, 6) is 1.92. The van der Waals surface area contributed by atoms with Crippen LogP contribution >= 0.6 is 11.3 Å². The van der Waals surface area contributed by atoms with E-state index < -0.39 is 12.1 Å². The number of aryl methyl sites for hydroxylation is 1. The summed E-state index contributed by atoms with van der Waals surface area (Å²) < 4.78 is 18.2. The van der Waals surface area contributed by atoms with Crippen molar-refractivity contribution in [2.45, 2.75) is 51.7 Å². The van der Waals surface area contributed by atoms with Gasteiger partial charge in [-0.25, -0.2) is 9.78 Å². The molecule has 1 N–H and O–H groups in total. The predicted molar refractivity (Wildman–Crippen MR) is 106 cm³/mol. The number of hydrogen-bond acceptors (Lipinski definition) is 6. The van der Waals surface area contributed by atoms with Crippen molar-refractivity contribution in [3.8, 4) is 5.75 Å². The van der Waals surface area contributed by atoms with Crippen LogP contribution in [0.1, 0.15) is 48.6 Å². The molecule has 0 spiro atoms. The molecular formula is C21H23NO5S. The smallest absolute Gasteiger partial charge is 0.333 e. The molecule has 4 rings (SSSR count). The minimum Gasteiger partial charge on any atom is -0.486 e. The van der Waals surface area contributed by atoms with Crippen LogP contribution in [0.5, 0.6) is 5.75 Å². The number of oxazole rings is 1. The number of carboxylic acid groups (broad SMARTS) is 1. The Hall–Kier alpha value is -2.38. The number of hydrogen-bond donors (Lipinski definition) is 1. The zero-order valence-electron chi connectivity index (χ0n) is 15.9. The van der Waals surface area contributed by atoms with Crippen LogP contribution in [0.15, 0.2) is 28.0 Å². The summed E-state index contributed by atoms with van der Waals surface area (Å²) in [6.07, 6.45) is 1.78. The Labute approximate surface area is 167 Å². The molecule has 0 bridgehead atoms. The van der Waals surface area contributed by atoms with E-state index in [1.807, 2.05) is 30.5 Å². The fourth-order valence-corrected chi connectivity index (χ4v) is 4.17. The van der Waals surface area contributed by atoms with Crippen LogP contribution in [0.25, 0.3) is 10.1 Å². The lowest BCUT2D eigenvalue weighted by molar-refractivity contribution is -0.149. The first-order chi connectivity index (χ1) is 13.6. The zero-order valence-corrected chi connectivity index (χ0v) is 16.8. The van der Waals surface area contributed by atoms with Gasteiger partial charge in [0.05, 0.1) is 0 Å². The number of nitrogens with zero attached hydrogens (tertiary/aromatic N) is 1. The molecule has 1 saturated carbocycles. The van der Waals surface area contributed by atoms with Gasteiger partial charge in [0, 0.05) is 29.0 Å². The van der Waals surface area contributed by atoms with E-state index in [-0.39, 0.29) is 0 Å². The lowest BCUT2D eigenvalue weighted by Crippen LogP contribution is -2.26. The van der Waals surface area contributed by atoms with Crippen molar-refractivity contribution in [1.29, 1.82) is 0 Å². The maximum absolute atomic E-state index is 11.4. The van der Waals surface area contributed by atoms with Crippen molar-refractivity contribution in [3.05, 3.63) is 46.5 Å². The second kappa shape index (κ2) is 7.93. The molecule has 148 valence electrons. The van der Waals surface area contributed by atoms with E-state index in [2.05, 4.69) is 4.98 Å². The van der Waals surface area contributed by atoms with Crippen LogP contribution in [0.3, 0.4) is 0 Å². The normalized spacial score (nSPS) is 15.1. The monoisotopic (exact) mass is 401 g/mol. The maximum atomic E-state index is 11.4. The maximum Gasteiger partial charge on any atom is 0.333 e. The molecule has 0 aliphatic heterocycles. The summed E-state index contributed by atoms with van der Waals surface area (Å²) in [6, 6.07) is 5.82. The summed E-state index contributed by atoms with van der Waals surface area (Å²) in [7, 11) is 0. The van der Waals surface area contributed by atoms with Gasteiger partial charge in [-0.3, -0.25) is 0 Å². The van der Waals surface area contributed by atoms with Crippen LogP contribution in [-0.2, 0) is 22.6 Å². The number of aliphatic carboxylic acids is 1. The number of ether oxygens (including phenoxy) is 2. The van der Waals surface area contributed by atoms with Gasteiger partial charge in [0.15, 0.2) is 12.0 Å². The van der Waals surface area contributed by atoms with Crippen LogP contribution in [0.2, 0.25) is 0 Å². The topological polar surface area (TPSA) is 81.8 Å². The molecule has 0 saturated heterocycles. The van der Waals surface area contributed by atoms with Crippen LogP contribution in [-0.4, -0.2) is 28.8 Å². The molecule has 1 atom stereocenters. The number of benzene rings is 1. The molecule has 3 aromatic rings. The van der Waals surface area contributed by atoms with Gasteiger partial charge in [0.25, 0.3) is 0 Å². The minimum atomic E-state index is -0.945. The molecule has 6 nitrogen and oxygen atoms in total. The summed E-state index contributed by atoms with van der Waals surface area (Å²) in [4.78, 5) is 16.0. The average molecular weight is 401 g/mol. The van der Waals surface area contributed by atoms with E-state index in [0.717, 1.165) is 51.6 Å². The Morgan fingerprint density at radius 2 is 2.21 bits per heavy atom. The number of aromatic nitrogens is 1. The summed E-state index contributed by atoms with van der Waals surface area (Å²) in [5.41, 5.74) is 1.78. The van der Waals surface area contributed by atoms with E-state index in [4.69, 9.17) is 13.9 Å².